The molecule has 44 heavy (non-hydrogen) atoms. The fourth-order valence-corrected chi connectivity index (χ4v) is 5.65. The van der Waals surface area contributed by atoms with Crippen LogP contribution in [0.1, 0.15) is 18.9 Å². The molecule has 2 atom stereocenters. The highest BCUT2D eigenvalue weighted by atomic mass is 35.5. The van der Waals surface area contributed by atoms with Crippen molar-refractivity contribution < 1.29 is 19.1 Å². The molecule has 0 bridgehead atoms. The van der Waals surface area contributed by atoms with Crippen molar-refractivity contribution in [2.24, 2.45) is 5.92 Å². The van der Waals surface area contributed by atoms with Crippen LogP contribution in [0.5, 0.6) is 5.75 Å². The van der Waals surface area contributed by atoms with E-state index in [1.54, 1.807) is 0 Å². The Labute approximate surface area is 261 Å². The van der Waals surface area contributed by atoms with E-state index in [1.807, 2.05) is 127 Å². The summed E-state index contributed by atoms with van der Waals surface area (Å²) in [6.45, 7) is 2.30. The van der Waals surface area contributed by atoms with E-state index >= 15 is 0 Å². The van der Waals surface area contributed by atoms with Crippen molar-refractivity contribution in [1.29, 1.82) is 0 Å². The molecule has 222 valence electrons. The minimum Gasteiger partial charge on any atom is -0.493 e. The number of rotatable bonds is 10. The Balaban J connectivity index is 1.18. The molecule has 0 aliphatic carbocycles. The van der Waals surface area contributed by atoms with Gasteiger partial charge in [-0.1, -0.05) is 97.4 Å². The lowest BCUT2D eigenvalue weighted by Crippen LogP contribution is -2.43. The number of carbonyl (C=O) groups is 2. The summed E-state index contributed by atoms with van der Waals surface area (Å²) in [6, 6.07) is 36.8. The van der Waals surface area contributed by atoms with Gasteiger partial charge >= 0.3 is 6.09 Å². The number of para-hydroxylation sites is 2. The lowest BCUT2D eigenvalue weighted by Gasteiger charge is -2.23. The second kappa shape index (κ2) is 13.2. The quantitative estimate of drug-likeness (QED) is 0.162. The third kappa shape index (κ3) is 6.24. The highest BCUT2D eigenvalue weighted by Gasteiger charge is 2.39. The number of imide groups is 1. The number of carbonyl (C=O) groups excluding carboxylic acids is 2. The number of ether oxygens (including phenoxy) is 2. The standard InChI is InChI=1S/C36H32ClN3O4/c1-25(35(41)39-28(24-44-36(39)42)22-26-12-4-2-5-13-26)20-21-43-34-19-11-9-17-30(34)32-23-33(29-16-8-10-18-31(29)37)40(38-32)27-14-6-3-7-15-27/h2-19,23,25,28H,20-22,24H2,1H3. The number of hydrogen-bond acceptors (Lipinski definition) is 5. The van der Waals surface area contributed by atoms with Crippen LogP contribution < -0.4 is 4.74 Å². The molecule has 1 aliphatic heterocycles. The molecule has 2 unspecified atom stereocenters. The van der Waals surface area contributed by atoms with Gasteiger partial charge < -0.3 is 9.47 Å². The molecule has 1 aromatic heterocycles. The van der Waals surface area contributed by atoms with Crippen molar-refractivity contribution in [3.63, 3.8) is 0 Å². The van der Waals surface area contributed by atoms with Gasteiger partial charge in [0.25, 0.3) is 0 Å². The van der Waals surface area contributed by atoms with Crippen molar-refractivity contribution in [2.75, 3.05) is 13.2 Å². The molecule has 1 fully saturated rings. The maximum atomic E-state index is 13.4. The normalized spacial score (nSPS) is 15.2. The molecule has 1 saturated heterocycles. The van der Waals surface area contributed by atoms with E-state index < -0.39 is 12.0 Å². The summed E-state index contributed by atoms with van der Waals surface area (Å²) in [5.74, 6) is -0.0374. The number of halogens is 1. The number of aromatic nitrogens is 2. The molecular formula is C36H32ClN3O4. The van der Waals surface area contributed by atoms with Crippen LogP contribution in [0.3, 0.4) is 0 Å². The molecule has 8 heteroatoms. The van der Waals surface area contributed by atoms with Gasteiger partial charge in [0.05, 0.1) is 29.7 Å². The average Bonchev–Trinajstić information content (AvgIpc) is 3.65. The summed E-state index contributed by atoms with van der Waals surface area (Å²) in [5, 5.41) is 5.60. The van der Waals surface area contributed by atoms with E-state index in [0.717, 1.165) is 33.8 Å². The third-order valence-electron chi connectivity index (χ3n) is 7.77. The minimum atomic E-state index is -0.586. The molecular weight excluding hydrogens is 574 g/mol. The molecule has 2 amide bonds. The molecule has 0 spiro atoms. The predicted octanol–water partition coefficient (Wildman–Crippen LogP) is 7.85. The number of nitrogens with zero attached hydrogens (tertiary/aromatic N) is 3. The number of benzene rings is 4. The molecule has 0 saturated carbocycles. The van der Waals surface area contributed by atoms with Crippen molar-refractivity contribution in [3.05, 3.63) is 126 Å². The molecule has 5 aromatic rings. The van der Waals surface area contributed by atoms with Gasteiger partial charge in [0.2, 0.25) is 5.91 Å². The van der Waals surface area contributed by atoms with Crippen LogP contribution in [0, 0.1) is 5.92 Å². The average molecular weight is 606 g/mol. The van der Waals surface area contributed by atoms with Gasteiger partial charge in [-0.15, -0.1) is 0 Å². The van der Waals surface area contributed by atoms with Crippen LogP contribution in [0.4, 0.5) is 4.79 Å². The van der Waals surface area contributed by atoms with Crippen LogP contribution in [0.15, 0.2) is 115 Å². The summed E-state index contributed by atoms with van der Waals surface area (Å²) >= 11 is 6.61. The van der Waals surface area contributed by atoms with E-state index in [4.69, 9.17) is 26.2 Å². The van der Waals surface area contributed by atoms with Gasteiger partial charge in [-0.3, -0.25) is 4.79 Å². The Morgan fingerprint density at radius 3 is 2.34 bits per heavy atom. The van der Waals surface area contributed by atoms with E-state index in [0.29, 0.717) is 23.6 Å². The number of amides is 2. The van der Waals surface area contributed by atoms with E-state index in [-0.39, 0.29) is 25.2 Å². The minimum absolute atomic E-state index is 0.196. The van der Waals surface area contributed by atoms with Crippen molar-refractivity contribution in [3.8, 4) is 34.0 Å². The van der Waals surface area contributed by atoms with Gasteiger partial charge in [0.15, 0.2) is 0 Å². The zero-order valence-electron chi connectivity index (χ0n) is 24.3. The first-order valence-electron chi connectivity index (χ1n) is 14.7. The Morgan fingerprint density at radius 1 is 0.932 bits per heavy atom. The van der Waals surface area contributed by atoms with Gasteiger partial charge in [0, 0.05) is 22.1 Å². The maximum absolute atomic E-state index is 13.4. The first-order valence-corrected chi connectivity index (χ1v) is 15.0. The Hall–Kier alpha value is -4.88. The Morgan fingerprint density at radius 2 is 1.59 bits per heavy atom. The summed E-state index contributed by atoms with van der Waals surface area (Å²) in [4.78, 5) is 27.2. The van der Waals surface area contributed by atoms with Crippen molar-refractivity contribution in [2.45, 2.75) is 25.8 Å². The van der Waals surface area contributed by atoms with Gasteiger partial charge in [-0.25, -0.2) is 14.4 Å². The fraction of sp³-hybridized carbons (Fsp3) is 0.194. The van der Waals surface area contributed by atoms with E-state index in [1.165, 1.54) is 4.90 Å². The molecule has 7 nitrogen and oxygen atoms in total. The molecule has 2 heterocycles. The summed E-state index contributed by atoms with van der Waals surface area (Å²) in [6.07, 6.45) is 0.399. The lowest BCUT2D eigenvalue weighted by molar-refractivity contribution is -0.133. The van der Waals surface area contributed by atoms with E-state index in [9.17, 15) is 9.59 Å². The predicted molar refractivity (Wildman–Crippen MR) is 171 cm³/mol. The smallest absolute Gasteiger partial charge is 0.416 e. The molecule has 1 aliphatic rings. The van der Waals surface area contributed by atoms with Gasteiger partial charge in [-0.05, 0) is 54.8 Å². The Bertz CT molecular complexity index is 1760. The van der Waals surface area contributed by atoms with Crippen molar-refractivity contribution in [1.82, 2.24) is 14.7 Å². The Kier molecular flexibility index (Phi) is 8.75. The summed E-state index contributed by atoms with van der Waals surface area (Å²) in [5.41, 5.74) is 5.23. The number of cyclic esters (lactones) is 1. The first kappa shape index (κ1) is 29.2. The first-order chi connectivity index (χ1) is 21.5. The zero-order valence-corrected chi connectivity index (χ0v) is 25.1. The summed E-state index contributed by atoms with van der Waals surface area (Å²) in [7, 11) is 0. The van der Waals surface area contributed by atoms with Crippen LogP contribution >= 0.6 is 11.6 Å². The van der Waals surface area contributed by atoms with Crippen LogP contribution in [0.25, 0.3) is 28.2 Å². The highest BCUT2D eigenvalue weighted by molar-refractivity contribution is 6.33. The van der Waals surface area contributed by atoms with Gasteiger partial charge in [0.1, 0.15) is 12.4 Å². The topological polar surface area (TPSA) is 73.7 Å². The lowest BCUT2D eigenvalue weighted by atomic mass is 10.0. The van der Waals surface area contributed by atoms with Crippen LogP contribution in [-0.4, -0.2) is 45.9 Å². The second-order valence-electron chi connectivity index (χ2n) is 10.8. The largest absolute Gasteiger partial charge is 0.493 e. The van der Waals surface area contributed by atoms with E-state index in [2.05, 4.69) is 0 Å². The zero-order chi connectivity index (χ0) is 30.5. The fourth-order valence-electron chi connectivity index (χ4n) is 5.42. The maximum Gasteiger partial charge on any atom is 0.416 e. The highest BCUT2D eigenvalue weighted by Crippen LogP contribution is 2.36. The second-order valence-corrected chi connectivity index (χ2v) is 11.2. The summed E-state index contributed by atoms with van der Waals surface area (Å²) < 4.78 is 13.4. The van der Waals surface area contributed by atoms with Crippen LogP contribution in [0.2, 0.25) is 5.02 Å². The third-order valence-corrected chi connectivity index (χ3v) is 8.10. The van der Waals surface area contributed by atoms with Crippen molar-refractivity contribution >= 4 is 23.6 Å². The number of hydrogen-bond donors (Lipinski definition) is 0. The molecule has 0 N–H and O–H groups in total. The molecule has 6 rings (SSSR count). The monoisotopic (exact) mass is 605 g/mol. The molecule has 0 radical (unpaired) electrons. The van der Waals surface area contributed by atoms with Gasteiger partial charge in [-0.2, -0.15) is 5.10 Å². The SMILES string of the molecule is CC(CCOc1ccccc1-c1cc(-c2ccccc2Cl)n(-c2ccccc2)n1)C(=O)N1C(=O)OCC1Cc1ccccc1. The molecule has 4 aromatic carbocycles. The van der Waals surface area contributed by atoms with Crippen LogP contribution in [-0.2, 0) is 16.0 Å².